The van der Waals surface area contributed by atoms with Crippen LogP contribution in [0.5, 0.6) is 0 Å². The van der Waals surface area contributed by atoms with E-state index in [1.54, 1.807) is 0 Å². The highest BCUT2D eigenvalue weighted by molar-refractivity contribution is 5.91. The quantitative estimate of drug-likeness (QED) is 0.830. The zero-order valence-corrected chi connectivity index (χ0v) is 11.4. The van der Waals surface area contributed by atoms with Crippen molar-refractivity contribution < 1.29 is 4.79 Å². The molecule has 1 aliphatic carbocycles. The molecular formula is C15H22N2O. The van der Waals surface area contributed by atoms with Crippen LogP contribution < -0.4 is 5.73 Å². The first-order valence-electron chi connectivity index (χ1n) is 6.64. The first-order chi connectivity index (χ1) is 8.51. The van der Waals surface area contributed by atoms with E-state index in [0.29, 0.717) is 6.04 Å². The lowest BCUT2D eigenvalue weighted by molar-refractivity contribution is -0.134. The van der Waals surface area contributed by atoms with E-state index in [9.17, 15) is 4.79 Å². The van der Waals surface area contributed by atoms with Crippen LogP contribution in [0.4, 0.5) is 5.69 Å². The lowest BCUT2D eigenvalue weighted by atomic mass is 9.93. The molecule has 2 rings (SSSR count). The number of benzene rings is 1. The van der Waals surface area contributed by atoms with Crippen molar-refractivity contribution in [1.82, 2.24) is 4.90 Å². The van der Waals surface area contributed by atoms with Crippen LogP contribution in [-0.4, -0.2) is 23.9 Å². The Labute approximate surface area is 109 Å². The second-order valence-electron chi connectivity index (χ2n) is 5.38. The van der Waals surface area contributed by atoms with Gasteiger partial charge in [-0.25, -0.2) is 0 Å². The molecule has 1 aromatic carbocycles. The van der Waals surface area contributed by atoms with Crippen LogP contribution in [0.25, 0.3) is 0 Å². The van der Waals surface area contributed by atoms with Crippen molar-refractivity contribution in [3.05, 3.63) is 29.8 Å². The number of anilines is 1. The summed E-state index contributed by atoms with van der Waals surface area (Å²) in [5.74, 6) is 0.252. The number of hydrogen-bond acceptors (Lipinski definition) is 2. The Bertz CT molecular complexity index is 434. The zero-order chi connectivity index (χ0) is 13.3. The highest BCUT2D eigenvalue weighted by Gasteiger charge is 2.52. The topological polar surface area (TPSA) is 46.3 Å². The van der Waals surface area contributed by atoms with Gasteiger partial charge < -0.3 is 10.6 Å². The van der Waals surface area contributed by atoms with Gasteiger partial charge in [0.2, 0.25) is 5.91 Å². The van der Waals surface area contributed by atoms with E-state index in [-0.39, 0.29) is 11.3 Å². The van der Waals surface area contributed by atoms with Crippen LogP contribution in [-0.2, 0) is 10.2 Å². The molecule has 0 heterocycles. The molecule has 1 amide bonds. The van der Waals surface area contributed by atoms with Crippen molar-refractivity contribution >= 4 is 11.6 Å². The molecule has 98 valence electrons. The summed E-state index contributed by atoms with van der Waals surface area (Å²) in [5.41, 5.74) is 7.28. The average Bonchev–Trinajstić information content (AvgIpc) is 3.18. The molecule has 3 nitrogen and oxygen atoms in total. The molecule has 1 aliphatic rings. The maximum absolute atomic E-state index is 12.6. The molecule has 0 spiro atoms. The van der Waals surface area contributed by atoms with Gasteiger partial charge in [-0.3, -0.25) is 4.79 Å². The van der Waals surface area contributed by atoms with Gasteiger partial charge in [0, 0.05) is 18.8 Å². The molecule has 0 bridgehead atoms. The monoisotopic (exact) mass is 246 g/mol. The van der Waals surface area contributed by atoms with E-state index in [1.165, 1.54) is 0 Å². The van der Waals surface area contributed by atoms with E-state index >= 15 is 0 Å². The van der Waals surface area contributed by atoms with Crippen LogP contribution in [0.2, 0.25) is 0 Å². The van der Waals surface area contributed by atoms with E-state index in [2.05, 4.69) is 13.8 Å². The molecule has 0 saturated heterocycles. The maximum Gasteiger partial charge on any atom is 0.233 e. The number of nitrogens with zero attached hydrogens (tertiary/aromatic N) is 1. The zero-order valence-electron chi connectivity index (χ0n) is 11.4. The number of nitrogen functional groups attached to an aromatic ring is 1. The lowest BCUT2D eigenvalue weighted by Gasteiger charge is -2.28. The summed E-state index contributed by atoms with van der Waals surface area (Å²) in [5, 5.41) is 0. The van der Waals surface area contributed by atoms with Crippen molar-refractivity contribution in [2.24, 2.45) is 0 Å². The third-order valence-corrected chi connectivity index (χ3v) is 4.19. The van der Waals surface area contributed by atoms with Crippen LogP contribution in [0.15, 0.2) is 24.3 Å². The van der Waals surface area contributed by atoms with E-state index < -0.39 is 0 Å². The molecule has 0 radical (unpaired) electrons. The van der Waals surface area contributed by atoms with Crippen molar-refractivity contribution in [1.29, 1.82) is 0 Å². The minimum atomic E-state index is -0.272. The van der Waals surface area contributed by atoms with E-state index in [0.717, 1.165) is 30.5 Å². The summed E-state index contributed by atoms with van der Waals surface area (Å²) < 4.78 is 0. The Morgan fingerprint density at radius 2 is 1.94 bits per heavy atom. The highest BCUT2D eigenvalue weighted by Crippen LogP contribution is 2.49. The average molecular weight is 246 g/mol. The van der Waals surface area contributed by atoms with Crippen LogP contribution in [0, 0.1) is 0 Å². The van der Waals surface area contributed by atoms with Gasteiger partial charge in [0.25, 0.3) is 0 Å². The fraction of sp³-hybridized carbons (Fsp3) is 0.533. The van der Waals surface area contributed by atoms with Gasteiger partial charge >= 0.3 is 0 Å². The summed E-state index contributed by atoms with van der Waals surface area (Å²) >= 11 is 0. The largest absolute Gasteiger partial charge is 0.399 e. The Morgan fingerprint density at radius 1 is 1.39 bits per heavy atom. The fourth-order valence-electron chi connectivity index (χ4n) is 2.36. The molecule has 3 heteroatoms. The van der Waals surface area contributed by atoms with Gasteiger partial charge in [-0.05, 0) is 43.9 Å². The molecule has 18 heavy (non-hydrogen) atoms. The number of nitrogens with two attached hydrogens (primary N) is 1. The number of likely N-dealkylation sites (N-methyl/N-ethyl adjacent to an activating group) is 1. The van der Waals surface area contributed by atoms with Crippen molar-refractivity contribution in [2.75, 3.05) is 12.8 Å². The van der Waals surface area contributed by atoms with E-state index in [4.69, 9.17) is 5.73 Å². The van der Waals surface area contributed by atoms with Gasteiger partial charge in [0.15, 0.2) is 0 Å². The third-order valence-electron chi connectivity index (χ3n) is 4.19. The Morgan fingerprint density at radius 3 is 2.39 bits per heavy atom. The number of rotatable bonds is 4. The minimum absolute atomic E-state index is 0.252. The van der Waals surface area contributed by atoms with Crippen molar-refractivity contribution in [3.63, 3.8) is 0 Å². The number of carbonyl (C=O) groups is 1. The van der Waals surface area contributed by atoms with Crippen molar-refractivity contribution in [3.8, 4) is 0 Å². The molecule has 1 fully saturated rings. The summed E-state index contributed by atoms with van der Waals surface area (Å²) in [6.07, 6.45) is 2.90. The normalized spacial score (nSPS) is 18.2. The highest BCUT2D eigenvalue weighted by atomic mass is 16.2. The molecule has 0 aromatic heterocycles. The SMILES string of the molecule is CCC(C)N(C)C(=O)C1(c2ccc(N)cc2)CC1. The molecule has 2 N–H and O–H groups in total. The minimum Gasteiger partial charge on any atom is -0.399 e. The second kappa shape index (κ2) is 4.63. The maximum atomic E-state index is 12.6. The third kappa shape index (κ3) is 2.09. The lowest BCUT2D eigenvalue weighted by Crippen LogP contribution is -2.41. The van der Waals surface area contributed by atoms with Gasteiger partial charge in [0.1, 0.15) is 0 Å². The predicted octanol–water partition coefficient (Wildman–Crippen LogP) is 2.56. The number of carbonyl (C=O) groups excluding carboxylic acids is 1. The first-order valence-corrected chi connectivity index (χ1v) is 6.64. The second-order valence-corrected chi connectivity index (χ2v) is 5.38. The smallest absolute Gasteiger partial charge is 0.233 e. The summed E-state index contributed by atoms with van der Waals surface area (Å²) in [7, 11) is 1.91. The van der Waals surface area contributed by atoms with Gasteiger partial charge in [-0.15, -0.1) is 0 Å². The fourth-order valence-corrected chi connectivity index (χ4v) is 2.36. The van der Waals surface area contributed by atoms with Crippen molar-refractivity contribution in [2.45, 2.75) is 44.6 Å². The Hall–Kier alpha value is -1.51. The van der Waals surface area contributed by atoms with E-state index in [1.807, 2.05) is 36.2 Å². The summed E-state index contributed by atoms with van der Waals surface area (Å²) in [6.45, 7) is 4.20. The summed E-state index contributed by atoms with van der Waals surface area (Å²) in [4.78, 5) is 14.5. The predicted molar refractivity (Wildman–Crippen MR) is 74.3 cm³/mol. The van der Waals surface area contributed by atoms with Gasteiger partial charge in [0.05, 0.1) is 5.41 Å². The molecule has 0 aliphatic heterocycles. The molecule has 1 saturated carbocycles. The van der Waals surface area contributed by atoms with Crippen LogP contribution >= 0.6 is 0 Å². The van der Waals surface area contributed by atoms with Crippen LogP contribution in [0.1, 0.15) is 38.7 Å². The Kier molecular flexibility index (Phi) is 3.33. The number of amides is 1. The molecule has 1 atom stereocenters. The first kappa shape index (κ1) is 12.9. The standard InChI is InChI=1S/C15H22N2O/c1-4-11(2)17(3)14(18)15(9-10-15)12-5-7-13(16)8-6-12/h5-8,11H,4,9-10,16H2,1-3H3. The van der Waals surface area contributed by atoms with Gasteiger partial charge in [-0.1, -0.05) is 19.1 Å². The molecule has 1 aromatic rings. The number of hydrogen-bond donors (Lipinski definition) is 1. The van der Waals surface area contributed by atoms with Gasteiger partial charge in [-0.2, -0.15) is 0 Å². The molecular weight excluding hydrogens is 224 g/mol. The van der Waals surface area contributed by atoms with Crippen LogP contribution in [0.3, 0.4) is 0 Å². The molecule has 1 unspecified atom stereocenters. The summed E-state index contributed by atoms with van der Waals surface area (Å²) in [6, 6.07) is 8.04. The Balaban J connectivity index is 2.21.